The first-order valence-corrected chi connectivity index (χ1v) is 12.7. The minimum atomic E-state index is -3.29. The number of hydrogen-bond acceptors (Lipinski definition) is 4. The zero-order valence-corrected chi connectivity index (χ0v) is 20.4. The van der Waals surface area contributed by atoms with E-state index in [-0.39, 0.29) is 4.90 Å². The fraction of sp³-hybridized carbons (Fsp3) is 0.192. The summed E-state index contributed by atoms with van der Waals surface area (Å²) in [7, 11) is -3.29. The van der Waals surface area contributed by atoms with Gasteiger partial charge < -0.3 is 5.11 Å². The van der Waals surface area contributed by atoms with Crippen LogP contribution in [0.3, 0.4) is 0 Å². The first-order valence-electron chi connectivity index (χ1n) is 10.4. The number of aryl methyl sites for hydroxylation is 1. The Hall–Kier alpha value is -2.93. The molecule has 0 aliphatic carbocycles. The molecule has 0 spiro atoms. The van der Waals surface area contributed by atoms with Crippen molar-refractivity contribution in [2.45, 2.75) is 31.3 Å². The largest absolute Gasteiger partial charge is 0.384 e. The summed E-state index contributed by atoms with van der Waals surface area (Å²) in [5.41, 5.74) is 3.74. The first kappa shape index (κ1) is 23.2. The Morgan fingerprint density at radius 3 is 2.30 bits per heavy atom. The standard InChI is InChI=1S/C26H25ClN2O3S/c1-17-14-19(18-8-7-9-20(15-18)33(4,31)32)12-13-23(17)29-16-24(26(2,3)30)28-25(29)21-10-5-6-11-22(21)27/h5-16,30H,1-4H3. The van der Waals surface area contributed by atoms with Crippen molar-refractivity contribution in [1.29, 1.82) is 0 Å². The van der Waals surface area contributed by atoms with Crippen molar-refractivity contribution in [2.75, 3.05) is 6.26 Å². The summed E-state index contributed by atoms with van der Waals surface area (Å²) >= 11 is 6.47. The number of hydrogen-bond donors (Lipinski definition) is 1. The highest BCUT2D eigenvalue weighted by Crippen LogP contribution is 2.34. The van der Waals surface area contributed by atoms with Crippen LogP contribution in [0.4, 0.5) is 0 Å². The van der Waals surface area contributed by atoms with Crippen molar-refractivity contribution >= 4 is 21.4 Å². The number of aliphatic hydroxyl groups is 1. The molecule has 1 heterocycles. The lowest BCUT2D eigenvalue weighted by Crippen LogP contribution is -2.15. The van der Waals surface area contributed by atoms with E-state index in [1.165, 1.54) is 6.26 Å². The molecule has 3 aromatic carbocycles. The van der Waals surface area contributed by atoms with Gasteiger partial charge in [-0.15, -0.1) is 0 Å². The van der Waals surface area contributed by atoms with Crippen molar-refractivity contribution < 1.29 is 13.5 Å². The molecule has 33 heavy (non-hydrogen) atoms. The minimum Gasteiger partial charge on any atom is -0.384 e. The summed E-state index contributed by atoms with van der Waals surface area (Å²) in [5.74, 6) is 0.632. The van der Waals surface area contributed by atoms with Gasteiger partial charge in [-0.3, -0.25) is 4.57 Å². The molecule has 0 amide bonds. The van der Waals surface area contributed by atoms with Crippen LogP contribution < -0.4 is 0 Å². The zero-order valence-electron chi connectivity index (χ0n) is 18.9. The van der Waals surface area contributed by atoms with Gasteiger partial charge in [-0.1, -0.05) is 41.9 Å². The van der Waals surface area contributed by atoms with Crippen LogP contribution in [0, 0.1) is 6.92 Å². The monoisotopic (exact) mass is 480 g/mol. The molecular formula is C26H25ClN2O3S. The van der Waals surface area contributed by atoms with Crippen molar-refractivity contribution in [3.8, 4) is 28.2 Å². The molecule has 0 radical (unpaired) electrons. The summed E-state index contributed by atoms with van der Waals surface area (Å²) in [6, 6.07) is 20.3. The van der Waals surface area contributed by atoms with Crippen LogP contribution in [0.15, 0.2) is 77.8 Å². The van der Waals surface area contributed by atoms with Crippen molar-refractivity contribution in [3.63, 3.8) is 0 Å². The van der Waals surface area contributed by atoms with Crippen LogP contribution in [0.1, 0.15) is 25.1 Å². The van der Waals surface area contributed by atoms with Crippen LogP contribution in [-0.4, -0.2) is 29.3 Å². The number of imidazole rings is 1. The fourth-order valence-electron chi connectivity index (χ4n) is 3.70. The summed E-state index contributed by atoms with van der Waals surface area (Å²) in [4.78, 5) is 5.00. The minimum absolute atomic E-state index is 0.284. The first-order chi connectivity index (χ1) is 15.4. The van der Waals surface area contributed by atoms with E-state index in [0.29, 0.717) is 16.5 Å². The van der Waals surface area contributed by atoms with Gasteiger partial charge in [0, 0.05) is 18.0 Å². The molecule has 0 atom stereocenters. The highest BCUT2D eigenvalue weighted by molar-refractivity contribution is 7.90. The molecule has 5 nitrogen and oxygen atoms in total. The van der Waals surface area contributed by atoms with Gasteiger partial charge in [0.05, 0.1) is 21.3 Å². The number of aromatic nitrogens is 2. The third-order valence-corrected chi connectivity index (χ3v) is 6.94. The van der Waals surface area contributed by atoms with Gasteiger partial charge in [0.2, 0.25) is 0 Å². The Balaban J connectivity index is 1.86. The lowest BCUT2D eigenvalue weighted by Gasteiger charge is -2.14. The van der Waals surface area contributed by atoms with Crippen LogP contribution in [0.25, 0.3) is 28.2 Å². The van der Waals surface area contributed by atoms with Gasteiger partial charge >= 0.3 is 0 Å². The van der Waals surface area contributed by atoms with Gasteiger partial charge in [-0.2, -0.15) is 0 Å². The van der Waals surface area contributed by atoms with Crippen LogP contribution in [-0.2, 0) is 15.4 Å². The van der Waals surface area contributed by atoms with Gasteiger partial charge in [0.15, 0.2) is 9.84 Å². The fourth-order valence-corrected chi connectivity index (χ4v) is 4.59. The molecule has 170 valence electrons. The molecule has 0 aliphatic rings. The maximum atomic E-state index is 12.0. The van der Waals surface area contributed by atoms with Gasteiger partial charge in [0.25, 0.3) is 0 Å². The Morgan fingerprint density at radius 1 is 0.970 bits per heavy atom. The van der Waals surface area contributed by atoms with E-state index >= 15 is 0 Å². The molecule has 0 saturated carbocycles. The van der Waals surface area contributed by atoms with Gasteiger partial charge in [-0.05, 0) is 73.9 Å². The van der Waals surface area contributed by atoms with Crippen LogP contribution in [0.2, 0.25) is 5.02 Å². The Kier molecular flexibility index (Phi) is 5.95. The molecule has 1 N–H and O–H groups in total. The van der Waals surface area contributed by atoms with E-state index in [2.05, 4.69) is 0 Å². The molecular weight excluding hydrogens is 456 g/mol. The van der Waals surface area contributed by atoms with Gasteiger partial charge in [-0.25, -0.2) is 13.4 Å². The van der Waals surface area contributed by atoms with E-state index in [4.69, 9.17) is 16.6 Å². The normalized spacial score (nSPS) is 12.2. The molecule has 7 heteroatoms. The maximum absolute atomic E-state index is 12.0. The lowest BCUT2D eigenvalue weighted by atomic mass is 10.0. The second-order valence-electron chi connectivity index (χ2n) is 8.66. The zero-order chi connectivity index (χ0) is 24.0. The highest BCUT2D eigenvalue weighted by atomic mass is 35.5. The lowest BCUT2D eigenvalue weighted by molar-refractivity contribution is 0.0743. The van der Waals surface area contributed by atoms with Crippen molar-refractivity contribution in [1.82, 2.24) is 9.55 Å². The maximum Gasteiger partial charge on any atom is 0.175 e. The third-order valence-electron chi connectivity index (χ3n) is 5.50. The summed E-state index contributed by atoms with van der Waals surface area (Å²) in [5, 5.41) is 11.2. The Morgan fingerprint density at radius 2 is 1.67 bits per heavy atom. The second kappa shape index (κ2) is 8.45. The number of sulfone groups is 1. The van der Waals surface area contributed by atoms with Crippen LogP contribution in [0.5, 0.6) is 0 Å². The molecule has 0 fully saturated rings. The number of rotatable bonds is 5. The smallest absolute Gasteiger partial charge is 0.175 e. The number of nitrogens with zero attached hydrogens (tertiary/aromatic N) is 2. The third kappa shape index (κ3) is 4.74. The van der Waals surface area contributed by atoms with E-state index in [0.717, 1.165) is 27.9 Å². The van der Waals surface area contributed by atoms with E-state index in [9.17, 15) is 13.5 Å². The molecule has 0 unspecified atom stereocenters. The van der Waals surface area contributed by atoms with Gasteiger partial charge in [0.1, 0.15) is 11.4 Å². The Bertz CT molecular complexity index is 1450. The molecule has 4 aromatic rings. The molecule has 0 saturated heterocycles. The molecule has 0 aliphatic heterocycles. The highest BCUT2D eigenvalue weighted by Gasteiger charge is 2.24. The van der Waals surface area contributed by atoms with Crippen molar-refractivity contribution in [3.05, 3.63) is 89.2 Å². The summed E-state index contributed by atoms with van der Waals surface area (Å²) < 4.78 is 25.9. The van der Waals surface area contributed by atoms with Crippen LogP contribution >= 0.6 is 11.6 Å². The predicted octanol–water partition coefficient (Wildman–Crippen LogP) is 5.80. The average Bonchev–Trinajstić information content (AvgIpc) is 3.19. The SMILES string of the molecule is Cc1cc(-c2cccc(S(C)(=O)=O)c2)ccc1-n1cc(C(C)(C)O)nc1-c1ccccc1Cl. The van der Waals surface area contributed by atoms with E-state index in [1.54, 1.807) is 32.0 Å². The number of benzene rings is 3. The molecule has 4 rings (SSSR count). The topological polar surface area (TPSA) is 72.2 Å². The Labute approximate surface area is 199 Å². The predicted molar refractivity (Wildman–Crippen MR) is 133 cm³/mol. The molecule has 0 bridgehead atoms. The number of halogens is 1. The molecule has 1 aromatic heterocycles. The second-order valence-corrected chi connectivity index (χ2v) is 11.1. The quantitative estimate of drug-likeness (QED) is 0.392. The van der Waals surface area contributed by atoms with Crippen molar-refractivity contribution in [2.24, 2.45) is 0 Å². The average molecular weight is 481 g/mol. The summed E-state index contributed by atoms with van der Waals surface area (Å²) in [6.45, 7) is 5.38. The van der Waals surface area contributed by atoms with E-state index in [1.807, 2.05) is 66.2 Å². The van der Waals surface area contributed by atoms with E-state index < -0.39 is 15.4 Å². The summed E-state index contributed by atoms with van der Waals surface area (Å²) in [6.07, 6.45) is 3.03.